The lowest BCUT2D eigenvalue weighted by Crippen LogP contribution is -2.53. The average molecular weight is 331 g/mol. The van der Waals surface area contributed by atoms with Crippen LogP contribution < -0.4 is 5.32 Å². The van der Waals surface area contributed by atoms with E-state index in [0.29, 0.717) is 24.7 Å². The molecule has 130 valence electrons. The maximum Gasteiger partial charge on any atom is 0.222 e. The van der Waals surface area contributed by atoms with Gasteiger partial charge in [-0.2, -0.15) is 0 Å². The summed E-state index contributed by atoms with van der Waals surface area (Å²) in [6.07, 6.45) is 7.65. The Balaban J connectivity index is 1.49. The second-order valence-corrected chi connectivity index (χ2v) is 7.42. The summed E-state index contributed by atoms with van der Waals surface area (Å²) in [6.45, 7) is 2.32. The summed E-state index contributed by atoms with van der Waals surface area (Å²) in [7, 11) is 0. The van der Waals surface area contributed by atoms with Gasteiger partial charge < -0.3 is 10.2 Å². The van der Waals surface area contributed by atoms with E-state index < -0.39 is 0 Å². The minimum atomic E-state index is 0.135. The highest BCUT2D eigenvalue weighted by Gasteiger charge is 2.43. The fourth-order valence-electron chi connectivity index (χ4n) is 4.46. The molecule has 0 spiro atoms. The molecule has 3 atom stereocenters. The zero-order valence-corrected chi connectivity index (χ0v) is 14.0. The Kier molecular flexibility index (Phi) is 4.24. The molecule has 4 heterocycles. The minimum absolute atomic E-state index is 0.135. The molecule has 1 unspecified atom stereocenters. The quantitative estimate of drug-likeness (QED) is 0.761. The molecule has 0 radical (unpaired) electrons. The molecule has 5 rings (SSSR count). The fourth-order valence-corrected chi connectivity index (χ4v) is 4.46. The first-order chi connectivity index (χ1) is 11.7. The van der Waals surface area contributed by atoms with Crippen molar-refractivity contribution in [3.8, 4) is 0 Å². The molecule has 3 aliphatic heterocycles. The Labute approximate surface area is 141 Å². The van der Waals surface area contributed by atoms with Crippen molar-refractivity contribution in [3.63, 3.8) is 0 Å². The maximum atomic E-state index is 12.5. The van der Waals surface area contributed by atoms with E-state index in [4.69, 9.17) is 0 Å². The molecule has 1 saturated carbocycles. The summed E-state index contributed by atoms with van der Waals surface area (Å²) in [6, 6.07) is 0.260. The number of fused-ring (bicyclic) bond motifs is 7. The fraction of sp³-hybridized carbons (Fsp3) is 0.765. The van der Waals surface area contributed by atoms with Crippen LogP contribution in [0.2, 0.25) is 0 Å². The summed E-state index contributed by atoms with van der Waals surface area (Å²) in [5.74, 6) is 1.23. The molecule has 2 amide bonds. The molecule has 4 aliphatic rings. The van der Waals surface area contributed by atoms with Crippen LogP contribution in [-0.4, -0.2) is 50.8 Å². The van der Waals surface area contributed by atoms with E-state index in [-0.39, 0.29) is 17.9 Å². The van der Waals surface area contributed by atoms with Crippen LogP contribution in [0.4, 0.5) is 0 Å². The Hall–Kier alpha value is -1.92. The third-order valence-corrected chi connectivity index (χ3v) is 5.71. The molecule has 2 fully saturated rings. The SMILES string of the molecule is O=C1CCCc2cn(nn2)CCCC(=O)N2C[C@H]3CC[C@@H](C2)C3N1. The van der Waals surface area contributed by atoms with Crippen LogP contribution in [0.25, 0.3) is 0 Å². The molecule has 7 heteroatoms. The third kappa shape index (κ3) is 3.16. The third-order valence-electron chi connectivity index (χ3n) is 5.71. The predicted molar refractivity (Wildman–Crippen MR) is 86.9 cm³/mol. The van der Waals surface area contributed by atoms with Gasteiger partial charge in [0.25, 0.3) is 0 Å². The lowest BCUT2D eigenvalue weighted by Gasteiger charge is -2.38. The highest BCUT2D eigenvalue weighted by atomic mass is 16.2. The van der Waals surface area contributed by atoms with Gasteiger partial charge in [0.1, 0.15) is 0 Å². The second-order valence-electron chi connectivity index (χ2n) is 7.42. The van der Waals surface area contributed by atoms with E-state index in [1.54, 1.807) is 0 Å². The van der Waals surface area contributed by atoms with Gasteiger partial charge in [0.2, 0.25) is 11.8 Å². The van der Waals surface area contributed by atoms with Gasteiger partial charge in [-0.15, -0.1) is 5.10 Å². The highest BCUT2D eigenvalue weighted by molar-refractivity contribution is 5.77. The normalized spacial score (nSPS) is 31.3. The van der Waals surface area contributed by atoms with E-state index in [9.17, 15) is 9.59 Å². The molecule has 7 nitrogen and oxygen atoms in total. The number of piperidine rings is 1. The summed E-state index contributed by atoms with van der Waals surface area (Å²) < 4.78 is 1.81. The maximum absolute atomic E-state index is 12.5. The lowest BCUT2D eigenvalue weighted by atomic mass is 9.91. The number of nitrogens with zero attached hydrogens (tertiary/aromatic N) is 4. The zero-order valence-electron chi connectivity index (χ0n) is 14.0. The molecule has 0 aromatic carbocycles. The number of aromatic nitrogens is 3. The lowest BCUT2D eigenvalue weighted by molar-refractivity contribution is -0.134. The van der Waals surface area contributed by atoms with Crippen LogP contribution in [-0.2, 0) is 22.6 Å². The van der Waals surface area contributed by atoms with Crippen LogP contribution in [0, 0.1) is 11.8 Å². The molecule has 24 heavy (non-hydrogen) atoms. The Morgan fingerprint density at radius 2 is 1.83 bits per heavy atom. The van der Waals surface area contributed by atoms with Gasteiger partial charge in [-0.1, -0.05) is 5.21 Å². The molecular weight excluding hydrogens is 306 g/mol. The van der Waals surface area contributed by atoms with E-state index in [1.807, 2.05) is 15.8 Å². The van der Waals surface area contributed by atoms with Crippen molar-refractivity contribution in [1.29, 1.82) is 0 Å². The number of hydrogen-bond donors (Lipinski definition) is 1. The zero-order chi connectivity index (χ0) is 16.5. The van der Waals surface area contributed by atoms with E-state index in [1.165, 1.54) is 0 Å². The molecule has 1 N–H and O–H groups in total. The van der Waals surface area contributed by atoms with Gasteiger partial charge in [-0.05, 0) is 43.9 Å². The average Bonchev–Trinajstić information content (AvgIpc) is 3.08. The number of carbonyl (C=O) groups is 2. The van der Waals surface area contributed by atoms with Crippen molar-refractivity contribution in [1.82, 2.24) is 25.2 Å². The van der Waals surface area contributed by atoms with Gasteiger partial charge >= 0.3 is 0 Å². The molecule has 1 aromatic heterocycles. The van der Waals surface area contributed by atoms with Crippen LogP contribution in [0.1, 0.15) is 44.2 Å². The van der Waals surface area contributed by atoms with Crippen molar-refractivity contribution >= 4 is 11.8 Å². The number of carbonyl (C=O) groups excluding carboxylic acids is 2. The van der Waals surface area contributed by atoms with Crippen molar-refractivity contribution in [2.75, 3.05) is 13.1 Å². The highest BCUT2D eigenvalue weighted by Crippen LogP contribution is 2.37. The topological polar surface area (TPSA) is 80.1 Å². The summed E-state index contributed by atoms with van der Waals surface area (Å²) in [5.41, 5.74) is 0.923. The van der Waals surface area contributed by atoms with Gasteiger partial charge in [-0.3, -0.25) is 14.3 Å². The van der Waals surface area contributed by atoms with Crippen molar-refractivity contribution in [3.05, 3.63) is 11.9 Å². The summed E-state index contributed by atoms with van der Waals surface area (Å²) >= 11 is 0. The Bertz CT molecular complexity index is 614. The van der Waals surface area contributed by atoms with E-state index >= 15 is 0 Å². The second kappa shape index (κ2) is 6.53. The van der Waals surface area contributed by atoms with Crippen LogP contribution in [0.3, 0.4) is 0 Å². The number of hydrogen-bond acceptors (Lipinski definition) is 4. The Morgan fingerprint density at radius 3 is 2.62 bits per heavy atom. The first-order valence-corrected chi connectivity index (χ1v) is 9.15. The van der Waals surface area contributed by atoms with Gasteiger partial charge in [0.05, 0.1) is 5.69 Å². The number of nitrogens with one attached hydrogen (secondary N) is 1. The standard InChI is InChI=1S/C17H25N5O2/c23-15-4-1-3-14-11-22(20-19-14)8-2-5-16(24)21-9-12-6-7-13(10-21)17(12)18-15/h11-13,17H,1-10H2,(H,18,23)/t12-,13+,17?. The van der Waals surface area contributed by atoms with Crippen LogP contribution in [0.15, 0.2) is 6.20 Å². The smallest absolute Gasteiger partial charge is 0.222 e. The predicted octanol–water partition coefficient (Wildman–Crippen LogP) is 0.748. The first kappa shape index (κ1) is 15.6. The largest absolute Gasteiger partial charge is 0.353 e. The summed E-state index contributed by atoms with van der Waals surface area (Å²) in [4.78, 5) is 26.8. The molecule has 1 aliphatic carbocycles. The van der Waals surface area contributed by atoms with Crippen molar-refractivity contribution in [2.24, 2.45) is 11.8 Å². The van der Waals surface area contributed by atoms with E-state index in [0.717, 1.165) is 57.4 Å². The van der Waals surface area contributed by atoms with Gasteiger partial charge in [0.15, 0.2) is 0 Å². The molecule has 1 saturated heterocycles. The molecule has 1 aromatic rings. The molecular formula is C17H25N5O2. The van der Waals surface area contributed by atoms with Crippen LogP contribution >= 0.6 is 0 Å². The van der Waals surface area contributed by atoms with Crippen molar-refractivity contribution < 1.29 is 9.59 Å². The molecule has 6 bridgehead atoms. The van der Waals surface area contributed by atoms with Crippen LogP contribution in [0.5, 0.6) is 0 Å². The Morgan fingerprint density at radius 1 is 1.04 bits per heavy atom. The van der Waals surface area contributed by atoms with Gasteiger partial charge in [-0.25, -0.2) is 0 Å². The number of amides is 2. The van der Waals surface area contributed by atoms with Crippen molar-refractivity contribution in [2.45, 2.75) is 57.5 Å². The monoisotopic (exact) mass is 331 g/mol. The number of rotatable bonds is 0. The first-order valence-electron chi connectivity index (χ1n) is 9.15. The summed E-state index contributed by atoms with van der Waals surface area (Å²) in [5, 5.41) is 11.5. The minimum Gasteiger partial charge on any atom is -0.353 e. The number of aryl methyl sites for hydroxylation is 2. The van der Waals surface area contributed by atoms with Gasteiger partial charge in [0, 0.05) is 44.7 Å². The van der Waals surface area contributed by atoms with E-state index in [2.05, 4.69) is 15.6 Å².